The molecule has 0 amide bonds. The van der Waals surface area contributed by atoms with Crippen LogP contribution >= 0.6 is 0 Å². The third kappa shape index (κ3) is 3.39. The average molecular weight is 184 g/mol. The normalized spacial score (nSPS) is 14.0. The van der Waals surface area contributed by atoms with E-state index in [0.717, 1.165) is 12.1 Å². The largest absolute Gasteiger partial charge is 0.374 e. The molecule has 13 heavy (non-hydrogen) atoms. The molecule has 2 N–H and O–H groups in total. The topological polar surface area (TPSA) is 29.3 Å². The van der Waals surface area contributed by atoms with E-state index in [1.165, 1.54) is 0 Å². The summed E-state index contributed by atoms with van der Waals surface area (Å²) in [6, 6.07) is 0.423. The van der Waals surface area contributed by atoms with Crippen molar-refractivity contribution < 1.29 is 0 Å². The second-order valence-electron chi connectivity index (χ2n) is 4.61. The highest BCUT2D eigenvalue weighted by Crippen LogP contribution is 2.27. The molecule has 0 aliphatic heterocycles. The highest BCUT2D eigenvalue weighted by atomic mass is 15.2. The van der Waals surface area contributed by atoms with Gasteiger partial charge in [-0.1, -0.05) is 34.3 Å². The maximum Gasteiger partial charge on any atom is 0.0403 e. The van der Waals surface area contributed by atoms with Crippen LogP contribution in [-0.2, 0) is 0 Å². The molecule has 0 aromatic carbocycles. The zero-order valence-electron chi connectivity index (χ0n) is 9.72. The van der Waals surface area contributed by atoms with Crippen LogP contribution in [0.25, 0.3) is 0 Å². The zero-order valence-corrected chi connectivity index (χ0v) is 9.72. The number of hydrogen-bond donors (Lipinski definition) is 1. The smallest absolute Gasteiger partial charge is 0.0403 e. The van der Waals surface area contributed by atoms with Crippen LogP contribution in [-0.4, -0.2) is 24.5 Å². The van der Waals surface area contributed by atoms with E-state index in [0.29, 0.717) is 12.6 Å². The van der Waals surface area contributed by atoms with Crippen molar-refractivity contribution in [1.29, 1.82) is 0 Å². The lowest BCUT2D eigenvalue weighted by Gasteiger charge is -2.36. The molecule has 0 saturated carbocycles. The highest BCUT2D eigenvalue weighted by molar-refractivity contribution is 5.05. The van der Waals surface area contributed by atoms with E-state index in [9.17, 15) is 0 Å². The molecule has 0 bridgehead atoms. The molecule has 0 radical (unpaired) electrons. The van der Waals surface area contributed by atoms with Gasteiger partial charge < -0.3 is 10.6 Å². The Labute approximate surface area is 82.8 Å². The molecule has 0 fully saturated rings. The number of nitrogens with zero attached hydrogens (tertiary/aromatic N) is 1. The summed E-state index contributed by atoms with van der Waals surface area (Å²) in [6.07, 6.45) is 1.07. The Kier molecular flexibility index (Phi) is 4.48. The number of likely N-dealkylation sites (N-methyl/N-ethyl adjacent to an activating group) is 1. The molecule has 0 saturated heterocycles. The van der Waals surface area contributed by atoms with Gasteiger partial charge in [0.2, 0.25) is 0 Å². The molecule has 0 spiro atoms. The van der Waals surface area contributed by atoms with Gasteiger partial charge in [0.25, 0.3) is 0 Å². The molecule has 78 valence electrons. The first-order valence-electron chi connectivity index (χ1n) is 4.96. The van der Waals surface area contributed by atoms with Crippen molar-refractivity contribution in [3.63, 3.8) is 0 Å². The number of allylic oxidation sites excluding steroid dienone is 1. The molecule has 1 unspecified atom stereocenters. The molecule has 2 heteroatoms. The van der Waals surface area contributed by atoms with Crippen molar-refractivity contribution in [2.45, 2.75) is 40.2 Å². The number of hydrogen-bond acceptors (Lipinski definition) is 2. The summed E-state index contributed by atoms with van der Waals surface area (Å²) < 4.78 is 0. The van der Waals surface area contributed by atoms with Crippen LogP contribution in [0.1, 0.15) is 34.1 Å². The molecule has 0 heterocycles. The fourth-order valence-corrected chi connectivity index (χ4v) is 1.35. The fraction of sp³-hybridized carbons (Fsp3) is 0.818. The Morgan fingerprint density at radius 3 is 2.15 bits per heavy atom. The Bertz CT molecular complexity index is 163. The van der Waals surface area contributed by atoms with Crippen molar-refractivity contribution >= 4 is 0 Å². The number of nitrogens with two attached hydrogens (primary N) is 1. The van der Waals surface area contributed by atoms with Crippen LogP contribution in [0.5, 0.6) is 0 Å². The van der Waals surface area contributed by atoms with E-state index >= 15 is 0 Å². The van der Waals surface area contributed by atoms with E-state index in [1.54, 1.807) is 0 Å². The summed E-state index contributed by atoms with van der Waals surface area (Å²) >= 11 is 0. The van der Waals surface area contributed by atoms with Crippen LogP contribution in [0.3, 0.4) is 0 Å². The Balaban J connectivity index is 4.41. The van der Waals surface area contributed by atoms with E-state index in [1.807, 2.05) is 0 Å². The van der Waals surface area contributed by atoms with Crippen molar-refractivity contribution in [2.24, 2.45) is 11.1 Å². The van der Waals surface area contributed by atoms with Crippen LogP contribution in [0, 0.1) is 5.41 Å². The Morgan fingerprint density at radius 2 is 1.92 bits per heavy atom. The highest BCUT2D eigenvalue weighted by Gasteiger charge is 2.22. The molecular weight excluding hydrogens is 160 g/mol. The molecule has 0 aliphatic rings. The minimum Gasteiger partial charge on any atom is -0.374 e. The summed E-state index contributed by atoms with van der Waals surface area (Å²) in [6.45, 7) is 13.5. The minimum atomic E-state index is 0.136. The van der Waals surface area contributed by atoms with Gasteiger partial charge in [-0.05, 0) is 6.42 Å². The van der Waals surface area contributed by atoms with Crippen LogP contribution in [0.4, 0.5) is 0 Å². The van der Waals surface area contributed by atoms with E-state index in [4.69, 9.17) is 5.73 Å². The van der Waals surface area contributed by atoms with Gasteiger partial charge in [-0.2, -0.15) is 0 Å². The van der Waals surface area contributed by atoms with E-state index < -0.39 is 0 Å². The standard InChI is InChI=1S/C11H24N2/c1-7-10(8-12)13(6)9(2)11(3,4)5/h10H,2,7-8,12H2,1,3-6H3. The molecule has 0 aromatic heterocycles. The predicted octanol–water partition coefficient (Wildman–Crippen LogP) is 2.22. The number of rotatable bonds is 4. The third-order valence-corrected chi connectivity index (χ3v) is 2.58. The summed E-state index contributed by atoms with van der Waals surface area (Å²) in [5, 5.41) is 0. The van der Waals surface area contributed by atoms with Crippen LogP contribution in [0.15, 0.2) is 12.3 Å². The Morgan fingerprint density at radius 1 is 1.46 bits per heavy atom. The average Bonchev–Trinajstić information content (AvgIpc) is 2.03. The monoisotopic (exact) mass is 184 g/mol. The van der Waals surface area contributed by atoms with Crippen molar-refractivity contribution in [3.8, 4) is 0 Å². The summed E-state index contributed by atoms with van der Waals surface area (Å²) in [7, 11) is 2.08. The molecule has 2 nitrogen and oxygen atoms in total. The lowest BCUT2D eigenvalue weighted by atomic mass is 9.91. The molecule has 1 atom stereocenters. The summed E-state index contributed by atoms with van der Waals surface area (Å²) in [5.41, 5.74) is 6.98. The van der Waals surface area contributed by atoms with Gasteiger partial charge in [0.05, 0.1) is 0 Å². The first-order chi connectivity index (χ1) is 5.84. The van der Waals surface area contributed by atoms with Crippen LogP contribution < -0.4 is 5.73 Å². The molecular formula is C11H24N2. The first-order valence-corrected chi connectivity index (χ1v) is 4.96. The zero-order chi connectivity index (χ0) is 10.6. The third-order valence-electron chi connectivity index (χ3n) is 2.58. The van der Waals surface area contributed by atoms with Crippen molar-refractivity contribution in [1.82, 2.24) is 4.90 Å². The lowest BCUT2D eigenvalue weighted by Crippen LogP contribution is -2.39. The summed E-state index contributed by atoms with van der Waals surface area (Å²) in [5.74, 6) is 0. The fourth-order valence-electron chi connectivity index (χ4n) is 1.35. The van der Waals surface area contributed by atoms with Gasteiger partial charge in [-0.15, -0.1) is 0 Å². The Hall–Kier alpha value is -0.500. The van der Waals surface area contributed by atoms with E-state index in [-0.39, 0.29) is 5.41 Å². The van der Waals surface area contributed by atoms with Crippen molar-refractivity contribution in [2.75, 3.05) is 13.6 Å². The first kappa shape index (κ1) is 12.5. The molecule has 0 aliphatic carbocycles. The second-order valence-corrected chi connectivity index (χ2v) is 4.61. The maximum atomic E-state index is 5.68. The van der Waals surface area contributed by atoms with Gasteiger partial charge in [-0.3, -0.25) is 0 Å². The van der Waals surface area contributed by atoms with Gasteiger partial charge in [0.1, 0.15) is 0 Å². The predicted molar refractivity (Wildman–Crippen MR) is 59.5 cm³/mol. The molecule has 0 aromatic rings. The lowest BCUT2D eigenvalue weighted by molar-refractivity contribution is 0.242. The van der Waals surface area contributed by atoms with Crippen LogP contribution in [0.2, 0.25) is 0 Å². The van der Waals surface area contributed by atoms with E-state index in [2.05, 4.69) is 46.2 Å². The van der Waals surface area contributed by atoms with Gasteiger partial charge in [0, 0.05) is 30.7 Å². The minimum absolute atomic E-state index is 0.136. The summed E-state index contributed by atoms with van der Waals surface area (Å²) in [4.78, 5) is 2.21. The second kappa shape index (κ2) is 4.66. The SMILES string of the molecule is C=C(N(C)C(CC)CN)C(C)(C)C. The van der Waals surface area contributed by atoms with Gasteiger partial charge in [0.15, 0.2) is 0 Å². The quantitative estimate of drug-likeness (QED) is 0.726. The maximum absolute atomic E-state index is 5.68. The molecule has 0 rings (SSSR count). The van der Waals surface area contributed by atoms with Gasteiger partial charge >= 0.3 is 0 Å². The van der Waals surface area contributed by atoms with Crippen molar-refractivity contribution in [3.05, 3.63) is 12.3 Å². The van der Waals surface area contributed by atoms with Gasteiger partial charge in [-0.25, -0.2) is 0 Å².